The van der Waals surface area contributed by atoms with Gasteiger partial charge in [-0.2, -0.15) is 0 Å². The van der Waals surface area contributed by atoms with E-state index in [0.717, 1.165) is 18.8 Å². The van der Waals surface area contributed by atoms with Crippen molar-refractivity contribution >= 4 is 0 Å². The van der Waals surface area contributed by atoms with Crippen LogP contribution in [0.4, 0.5) is 0 Å². The largest absolute Gasteiger partial charge is 0.496 e. The smallest absolute Gasteiger partial charge is 0.123 e. The zero-order valence-corrected chi connectivity index (χ0v) is 13.3. The van der Waals surface area contributed by atoms with E-state index in [1.54, 1.807) is 7.11 Å². The van der Waals surface area contributed by atoms with E-state index in [0.29, 0.717) is 5.41 Å². The van der Waals surface area contributed by atoms with Gasteiger partial charge in [-0.1, -0.05) is 19.9 Å². The molecule has 3 heteroatoms. The molecule has 0 radical (unpaired) electrons. The maximum absolute atomic E-state index is 5.51. The summed E-state index contributed by atoms with van der Waals surface area (Å²) in [7, 11) is 3.74. The minimum atomic E-state index is 0.508. The maximum atomic E-state index is 5.51. The minimum absolute atomic E-state index is 0.508. The van der Waals surface area contributed by atoms with Gasteiger partial charge in [0.15, 0.2) is 0 Å². The fraction of sp³-hybridized carbons (Fsp3) is 0.647. The maximum Gasteiger partial charge on any atom is 0.123 e. The van der Waals surface area contributed by atoms with Crippen molar-refractivity contribution in [3.05, 3.63) is 29.3 Å². The molecule has 0 aliphatic carbocycles. The third kappa shape index (κ3) is 3.97. The standard InChI is InChI=1S/C17H28N2O/c1-17(2)7-9-19(10-8-17)13-15-11-14(12-18-3)5-6-16(15)20-4/h5-6,11,18H,7-10,12-13H2,1-4H3. The average molecular weight is 276 g/mol. The lowest BCUT2D eigenvalue weighted by Gasteiger charge is -2.37. The number of benzene rings is 1. The highest BCUT2D eigenvalue weighted by molar-refractivity contribution is 5.37. The first-order valence-electron chi connectivity index (χ1n) is 7.57. The summed E-state index contributed by atoms with van der Waals surface area (Å²) in [5.74, 6) is 1.01. The van der Waals surface area contributed by atoms with E-state index in [4.69, 9.17) is 4.74 Å². The first-order chi connectivity index (χ1) is 9.54. The molecule has 1 aromatic rings. The molecule has 2 rings (SSSR count). The summed E-state index contributed by atoms with van der Waals surface area (Å²) in [5, 5.41) is 3.21. The number of nitrogens with one attached hydrogen (secondary N) is 1. The zero-order valence-electron chi connectivity index (χ0n) is 13.3. The number of piperidine rings is 1. The van der Waals surface area contributed by atoms with E-state index in [-0.39, 0.29) is 0 Å². The molecule has 0 aromatic heterocycles. The predicted molar refractivity (Wildman–Crippen MR) is 84.0 cm³/mol. The summed E-state index contributed by atoms with van der Waals surface area (Å²) in [6.07, 6.45) is 2.57. The zero-order chi connectivity index (χ0) is 14.6. The molecule has 1 aliphatic heterocycles. The fourth-order valence-electron chi connectivity index (χ4n) is 2.83. The van der Waals surface area contributed by atoms with Crippen LogP contribution < -0.4 is 10.1 Å². The lowest BCUT2D eigenvalue weighted by atomic mass is 9.82. The van der Waals surface area contributed by atoms with E-state index in [1.165, 1.54) is 37.1 Å². The van der Waals surface area contributed by atoms with Gasteiger partial charge in [-0.3, -0.25) is 4.90 Å². The van der Waals surface area contributed by atoms with Gasteiger partial charge in [-0.25, -0.2) is 0 Å². The molecule has 1 heterocycles. The molecule has 0 spiro atoms. The van der Waals surface area contributed by atoms with Crippen LogP contribution in [0.5, 0.6) is 5.75 Å². The Kier molecular flexibility index (Phi) is 5.06. The van der Waals surface area contributed by atoms with Gasteiger partial charge >= 0.3 is 0 Å². The van der Waals surface area contributed by atoms with Crippen LogP contribution in [0.1, 0.15) is 37.8 Å². The van der Waals surface area contributed by atoms with Crippen LogP contribution in [0, 0.1) is 5.41 Å². The van der Waals surface area contributed by atoms with Crippen molar-refractivity contribution in [1.29, 1.82) is 0 Å². The molecule has 1 saturated heterocycles. The van der Waals surface area contributed by atoms with Crippen LogP contribution in [-0.4, -0.2) is 32.1 Å². The molecule has 20 heavy (non-hydrogen) atoms. The highest BCUT2D eigenvalue weighted by Gasteiger charge is 2.25. The molecule has 0 unspecified atom stereocenters. The Morgan fingerprint density at radius 1 is 1.25 bits per heavy atom. The van der Waals surface area contributed by atoms with Gasteiger partial charge in [0.25, 0.3) is 0 Å². The minimum Gasteiger partial charge on any atom is -0.496 e. The number of rotatable bonds is 5. The van der Waals surface area contributed by atoms with Crippen molar-refractivity contribution in [2.24, 2.45) is 5.41 Å². The summed E-state index contributed by atoms with van der Waals surface area (Å²) >= 11 is 0. The van der Waals surface area contributed by atoms with Crippen LogP contribution in [0.25, 0.3) is 0 Å². The lowest BCUT2D eigenvalue weighted by Crippen LogP contribution is -2.36. The topological polar surface area (TPSA) is 24.5 Å². The van der Waals surface area contributed by atoms with Crippen molar-refractivity contribution < 1.29 is 4.74 Å². The molecule has 1 aliphatic rings. The fourth-order valence-corrected chi connectivity index (χ4v) is 2.83. The Morgan fingerprint density at radius 2 is 1.95 bits per heavy atom. The predicted octanol–water partition coefficient (Wildman–Crippen LogP) is 3.04. The number of likely N-dealkylation sites (tertiary alicyclic amines) is 1. The van der Waals surface area contributed by atoms with E-state index >= 15 is 0 Å². The van der Waals surface area contributed by atoms with E-state index < -0.39 is 0 Å². The number of methoxy groups -OCH3 is 1. The average Bonchev–Trinajstić information content (AvgIpc) is 2.42. The molecule has 0 bridgehead atoms. The number of hydrogen-bond donors (Lipinski definition) is 1. The van der Waals surface area contributed by atoms with Crippen molar-refractivity contribution in [3.63, 3.8) is 0 Å². The van der Waals surface area contributed by atoms with Gasteiger partial charge in [-0.05, 0) is 56.1 Å². The third-order valence-electron chi connectivity index (χ3n) is 4.33. The summed E-state index contributed by atoms with van der Waals surface area (Å²) < 4.78 is 5.51. The van der Waals surface area contributed by atoms with Crippen LogP contribution in [0.2, 0.25) is 0 Å². The molecule has 3 nitrogen and oxygen atoms in total. The first-order valence-corrected chi connectivity index (χ1v) is 7.57. The van der Waals surface area contributed by atoms with E-state index in [1.807, 2.05) is 7.05 Å². The second-order valence-electron chi connectivity index (χ2n) is 6.62. The summed E-state index contributed by atoms with van der Waals surface area (Å²) in [6, 6.07) is 6.50. The lowest BCUT2D eigenvalue weighted by molar-refractivity contribution is 0.126. The van der Waals surface area contributed by atoms with Gasteiger partial charge < -0.3 is 10.1 Å². The van der Waals surface area contributed by atoms with E-state index in [9.17, 15) is 0 Å². The second kappa shape index (κ2) is 6.59. The van der Waals surface area contributed by atoms with Gasteiger partial charge in [-0.15, -0.1) is 0 Å². The van der Waals surface area contributed by atoms with Crippen molar-refractivity contribution in [1.82, 2.24) is 10.2 Å². The van der Waals surface area contributed by atoms with Crippen LogP contribution in [0.15, 0.2) is 18.2 Å². The molecule has 112 valence electrons. The molecule has 0 amide bonds. The van der Waals surface area contributed by atoms with Crippen LogP contribution >= 0.6 is 0 Å². The van der Waals surface area contributed by atoms with Gasteiger partial charge in [0.05, 0.1) is 7.11 Å². The SMILES string of the molecule is CNCc1ccc(OC)c(CN2CCC(C)(C)CC2)c1. The molecular formula is C17H28N2O. The van der Waals surface area contributed by atoms with Gasteiger partial charge in [0, 0.05) is 18.7 Å². The van der Waals surface area contributed by atoms with Crippen LogP contribution in [-0.2, 0) is 13.1 Å². The van der Waals surface area contributed by atoms with E-state index in [2.05, 4.69) is 42.3 Å². The molecule has 1 N–H and O–H groups in total. The first kappa shape index (κ1) is 15.3. The Morgan fingerprint density at radius 3 is 2.55 bits per heavy atom. The monoisotopic (exact) mass is 276 g/mol. The third-order valence-corrected chi connectivity index (χ3v) is 4.33. The summed E-state index contributed by atoms with van der Waals surface area (Å²) in [4.78, 5) is 2.55. The number of ether oxygens (including phenoxy) is 1. The number of nitrogens with zero attached hydrogens (tertiary/aromatic N) is 1. The van der Waals surface area contributed by atoms with Crippen molar-refractivity contribution in [3.8, 4) is 5.75 Å². The second-order valence-corrected chi connectivity index (χ2v) is 6.62. The molecule has 1 aromatic carbocycles. The Bertz CT molecular complexity index is 433. The highest BCUT2D eigenvalue weighted by atomic mass is 16.5. The van der Waals surface area contributed by atoms with Crippen molar-refractivity contribution in [2.75, 3.05) is 27.2 Å². The summed E-state index contributed by atoms with van der Waals surface area (Å²) in [6.45, 7) is 9.02. The Hall–Kier alpha value is -1.06. The highest BCUT2D eigenvalue weighted by Crippen LogP contribution is 2.31. The molecule has 0 atom stereocenters. The summed E-state index contributed by atoms with van der Waals surface area (Å²) in [5.41, 5.74) is 3.13. The van der Waals surface area contributed by atoms with Gasteiger partial charge in [0.2, 0.25) is 0 Å². The van der Waals surface area contributed by atoms with Crippen LogP contribution in [0.3, 0.4) is 0 Å². The normalized spacial score (nSPS) is 19.0. The Balaban J connectivity index is 2.05. The van der Waals surface area contributed by atoms with Gasteiger partial charge in [0.1, 0.15) is 5.75 Å². The molecule has 0 saturated carbocycles. The number of hydrogen-bond acceptors (Lipinski definition) is 3. The quantitative estimate of drug-likeness (QED) is 0.894. The van der Waals surface area contributed by atoms with Crippen molar-refractivity contribution in [2.45, 2.75) is 39.8 Å². The molecular weight excluding hydrogens is 248 g/mol. The molecule has 1 fully saturated rings. The Labute approximate surface area is 123 Å².